The smallest absolute Gasteiger partial charge is 0.124 e. The summed E-state index contributed by atoms with van der Waals surface area (Å²) >= 11 is 0. The molecule has 0 radical (unpaired) electrons. The van der Waals surface area contributed by atoms with Crippen LogP contribution in [-0.4, -0.2) is 50.8 Å². The summed E-state index contributed by atoms with van der Waals surface area (Å²) in [6.07, 6.45) is 6.77. The summed E-state index contributed by atoms with van der Waals surface area (Å²) in [4.78, 5) is 5.09. The molecule has 2 N–H and O–H groups in total. The average Bonchev–Trinajstić information content (AvgIpc) is 2.91. The highest BCUT2D eigenvalue weighted by molar-refractivity contribution is 5.80. The lowest BCUT2D eigenvalue weighted by Gasteiger charge is -2.32. The normalized spacial score (nSPS) is 24.6. The highest BCUT2D eigenvalue weighted by Gasteiger charge is 2.35. The maximum absolute atomic E-state index is 6.04. The second-order valence-electron chi connectivity index (χ2n) is 6.76. The zero-order valence-corrected chi connectivity index (χ0v) is 13.3. The molecule has 3 aliphatic rings. The van der Waals surface area contributed by atoms with E-state index in [2.05, 4.69) is 34.1 Å². The Morgan fingerprint density at radius 2 is 2.09 bits per heavy atom. The van der Waals surface area contributed by atoms with E-state index in [4.69, 9.17) is 10.5 Å². The van der Waals surface area contributed by atoms with Crippen molar-refractivity contribution in [2.45, 2.75) is 24.8 Å². The molecule has 0 amide bonds. The van der Waals surface area contributed by atoms with Crippen LogP contribution >= 0.6 is 0 Å². The van der Waals surface area contributed by atoms with Crippen LogP contribution in [0.3, 0.4) is 0 Å². The molecule has 1 fully saturated rings. The Labute approximate surface area is 132 Å². The van der Waals surface area contributed by atoms with Crippen molar-refractivity contribution in [2.24, 2.45) is 5.73 Å². The molecule has 4 heteroatoms. The van der Waals surface area contributed by atoms with Gasteiger partial charge < -0.3 is 20.3 Å². The van der Waals surface area contributed by atoms with Gasteiger partial charge in [0.15, 0.2) is 0 Å². The first-order valence-corrected chi connectivity index (χ1v) is 8.36. The van der Waals surface area contributed by atoms with E-state index in [1.807, 2.05) is 0 Å². The van der Waals surface area contributed by atoms with E-state index in [1.54, 1.807) is 7.11 Å². The van der Waals surface area contributed by atoms with Crippen molar-refractivity contribution in [3.63, 3.8) is 0 Å². The number of ether oxygens (including phenoxy) is 1. The molecular weight excluding hydrogens is 274 g/mol. The maximum Gasteiger partial charge on any atom is 0.124 e. The van der Waals surface area contributed by atoms with Gasteiger partial charge in [-0.15, -0.1) is 0 Å². The van der Waals surface area contributed by atoms with Gasteiger partial charge in [0.1, 0.15) is 5.75 Å². The van der Waals surface area contributed by atoms with Crippen LogP contribution in [0, 0.1) is 0 Å². The first-order valence-electron chi connectivity index (χ1n) is 8.36. The average molecular weight is 299 g/mol. The fraction of sp³-hybridized carbons (Fsp3) is 0.556. The van der Waals surface area contributed by atoms with Gasteiger partial charge >= 0.3 is 0 Å². The van der Waals surface area contributed by atoms with Crippen LogP contribution in [0.5, 0.6) is 5.75 Å². The lowest BCUT2D eigenvalue weighted by molar-refractivity contribution is 0.203. The Hall–Kier alpha value is -1.52. The Bertz CT molecular complexity index is 590. The highest BCUT2D eigenvalue weighted by Crippen LogP contribution is 2.46. The zero-order chi connectivity index (χ0) is 15.1. The van der Waals surface area contributed by atoms with E-state index >= 15 is 0 Å². The number of methoxy groups -OCH3 is 1. The molecule has 0 saturated carbocycles. The van der Waals surface area contributed by atoms with Gasteiger partial charge in [-0.1, -0.05) is 12.2 Å². The molecule has 3 aliphatic heterocycles. The number of rotatable bonds is 3. The van der Waals surface area contributed by atoms with Gasteiger partial charge in [0.05, 0.1) is 12.8 Å². The van der Waals surface area contributed by atoms with Crippen LogP contribution in [0.15, 0.2) is 18.2 Å². The number of anilines is 1. The molecule has 118 valence electrons. The minimum atomic E-state index is 0.399. The molecule has 0 bridgehead atoms. The Kier molecular flexibility index (Phi) is 3.59. The Balaban J connectivity index is 1.61. The van der Waals surface area contributed by atoms with Crippen molar-refractivity contribution in [2.75, 3.05) is 44.7 Å². The predicted molar refractivity (Wildman–Crippen MR) is 90.6 cm³/mol. The third-order valence-electron chi connectivity index (χ3n) is 5.33. The maximum atomic E-state index is 6.04. The molecule has 0 spiro atoms. The number of hydrogen-bond donors (Lipinski definition) is 1. The molecule has 1 aromatic rings. The highest BCUT2D eigenvalue weighted by atomic mass is 16.5. The standard InChI is InChI=1S/C18H25N3O/c1-22-16-5-4-13-3-2-8-21-12-14(17(16)18(13)21)11-20-9-6-15(19)7-10-20/h2-5,14-15H,6-12,19H2,1H3. The van der Waals surface area contributed by atoms with Crippen molar-refractivity contribution in [3.05, 3.63) is 29.3 Å². The third-order valence-corrected chi connectivity index (χ3v) is 5.33. The molecule has 1 aromatic carbocycles. The molecule has 3 heterocycles. The van der Waals surface area contributed by atoms with Crippen LogP contribution in [0.2, 0.25) is 0 Å². The van der Waals surface area contributed by atoms with Gasteiger partial charge in [0.2, 0.25) is 0 Å². The summed E-state index contributed by atoms with van der Waals surface area (Å²) in [5, 5.41) is 0. The zero-order valence-electron chi connectivity index (χ0n) is 13.3. The van der Waals surface area contributed by atoms with E-state index in [0.717, 1.165) is 51.3 Å². The number of nitrogens with two attached hydrogens (primary N) is 1. The third kappa shape index (κ3) is 2.31. The van der Waals surface area contributed by atoms with E-state index < -0.39 is 0 Å². The van der Waals surface area contributed by atoms with Crippen molar-refractivity contribution in [3.8, 4) is 5.75 Å². The summed E-state index contributed by atoms with van der Waals surface area (Å²) in [5.74, 6) is 1.59. The molecule has 0 aromatic heterocycles. The molecule has 0 aliphatic carbocycles. The summed E-state index contributed by atoms with van der Waals surface area (Å²) in [5.41, 5.74) is 10.2. The van der Waals surface area contributed by atoms with Crippen molar-refractivity contribution in [1.82, 2.24) is 4.90 Å². The van der Waals surface area contributed by atoms with E-state index in [0.29, 0.717) is 12.0 Å². The predicted octanol–water partition coefficient (Wildman–Crippen LogP) is 2.05. The number of likely N-dealkylation sites (tertiary alicyclic amines) is 1. The number of hydrogen-bond acceptors (Lipinski definition) is 4. The first-order chi connectivity index (χ1) is 10.8. The van der Waals surface area contributed by atoms with Gasteiger partial charge in [-0.2, -0.15) is 0 Å². The van der Waals surface area contributed by atoms with Crippen LogP contribution in [0.4, 0.5) is 5.69 Å². The number of piperidine rings is 1. The lowest BCUT2D eigenvalue weighted by atomic mass is 9.95. The minimum absolute atomic E-state index is 0.399. The second kappa shape index (κ2) is 5.60. The molecule has 1 saturated heterocycles. The van der Waals surface area contributed by atoms with Crippen molar-refractivity contribution in [1.29, 1.82) is 0 Å². The molecular formula is C18H25N3O. The topological polar surface area (TPSA) is 41.7 Å². The van der Waals surface area contributed by atoms with E-state index in [-0.39, 0.29) is 0 Å². The van der Waals surface area contributed by atoms with Crippen LogP contribution in [-0.2, 0) is 0 Å². The monoisotopic (exact) mass is 299 g/mol. The number of nitrogens with zero attached hydrogens (tertiary/aromatic N) is 2. The molecule has 4 rings (SSSR count). The summed E-state index contributed by atoms with van der Waals surface area (Å²) in [6.45, 7) is 5.51. The van der Waals surface area contributed by atoms with Crippen LogP contribution < -0.4 is 15.4 Å². The largest absolute Gasteiger partial charge is 0.496 e. The van der Waals surface area contributed by atoms with Gasteiger partial charge in [-0.3, -0.25) is 0 Å². The lowest BCUT2D eigenvalue weighted by Crippen LogP contribution is -2.42. The van der Waals surface area contributed by atoms with Crippen LogP contribution in [0.25, 0.3) is 6.08 Å². The van der Waals surface area contributed by atoms with Crippen LogP contribution in [0.1, 0.15) is 29.9 Å². The van der Waals surface area contributed by atoms with Gasteiger partial charge in [0, 0.05) is 37.2 Å². The fourth-order valence-corrected chi connectivity index (χ4v) is 4.18. The molecule has 4 nitrogen and oxygen atoms in total. The van der Waals surface area contributed by atoms with Crippen molar-refractivity contribution < 1.29 is 4.74 Å². The first kappa shape index (κ1) is 14.1. The van der Waals surface area contributed by atoms with Gasteiger partial charge in [0.25, 0.3) is 0 Å². The summed E-state index contributed by atoms with van der Waals surface area (Å²) in [7, 11) is 1.79. The second-order valence-corrected chi connectivity index (χ2v) is 6.76. The SMILES string of the molecule is COc1ccc2c3c1C(CN1CCC(N)CC1)CN3CC=C2. The van der Waals surface area contributed by atoms with Crippen molar-refractivity contribution >= 4 is 11.8 Å². The van der Waals surface area contributed by atoms with Gasteiger partial charge in [-0.25, -0.2) is 0 Å². The minimum Gasteiger partial charge on any atom is -0.496 e. The summed E-state index contributed by atoms with van der Waals surface area (Å²) in [6, 6.07) is 4.71. The molecule has 1 unspecified atom stereocenters. The fourth-order valence-electron chi connectivity index (χ4n) is 4.18. The Morgan fingerprint density at radius 3 is 2.86 bits per heavy atom. The summed E-state index contributed by atoms with van der Waals surface area (Å²) < 4.78 is 5.68. The molecule has 1 atom stereocenters. The Morgan fingerprint density at radius 1 is 1.27 bits per heavy atom. The van der Waals surface area contributed by atoms with E-state index in [9.17, 15) is 0 Å². The quantitative estimate of drug-likeness (QED) is 0.927. The number of benzene rings is 1. The molecule has 22 heavy (non-hydrogen) atoms. The van der Waals surface area contributed by atoms with Gasteiger partial charge in [-0.05, 0) is 43.6 Å². The van der Waals surface area contributed by atoms with E-state index in [1.165, 1.54) is 16.8 Å².